The predicted molar refractivity (Wildman–Crippen MR) is 72.5 cm³/mol. The van der Waals surface area contributed by atoms with E-state index in [4.69, 9.17) is 11.6 Å². The Bertz CT molecular complexity index is 335. The lowest BCUT2D eigenvalue weighted by atomic mass is 10.1. The molecule has 0 spiro atoms. The van der Waals surface area contributed by atoms with Gasteiger partial charge in [-0.05, 0) is 40.5 Å². The number of aromatic nitrogens is 2. The monoisotopic (exact) mass is 258 g/mol. The van der Waals surface area contributed by atoms with Gasteiger partial charge in [-0.3, -0.25) is 4.68 Å². The van der Waals surface area contributed by atoms with Crippen molar-refractivity contribution < 1.29 is 0 Å². The molecule has 0 aliphatic carbocycles. The van der Waals surface area contributed by atoms with Gasteiger partial charge in [0.25, 0.3) is 0 Å². The van der Waals surface area contributed by atoms with Gasteiger partial charge in [0.2, 0.25) is 0 Å². The third kappa shape index (κ3) is 3.98. The zero-order valence-corrected chi connectivity index (χ0v) is 12.0. The van der Waals surface area contributed by atoms with Crippen molar-refractivity contribution in [1.29, 1.82) is 0 Å². The van der Waals surface area contributed by atoms with Crippen LogP contribution in [0.1, 0.15) is 31.5 Å². The molecule has 0 amide bonds. The normalized spacial score (nSPS) is 13.3. The van der Waals surface area contributed by atoms with Crippen molar-refractivity contribution in [2.24, 2.45) is 0 Å². The predicted octanol–water partition coefficient (Wildman–Crippen LogP) is 2.16. The average Bonchev–Trinajstić information content (AvgIpc) is 2.63. The lowest BCUT2D eigenvalue weighted by Crippen LogP contribution is -2.25. The van der Waals surface area contributed by atoms with E-state index in [0.717, 1.165) is 36.6 Å². The molecular formula is C12H23ClN4. The minimum atomic E-state index is 0.263. The summed E-state index contributed by atoms with van der Waals surface area (Å²) in [6.45, 7) is 4.09. The Hall–Kier alpha value is -0.580. The maximum absolute atomic E-state index is 6.23. The largest absolute Gasteiger partial charge is 0.312 e. The molecule has 0 fully saturated rings. The van der Waals surface area contributed by atoms with Crippen LogP contribution < -0.4 is 5.32 Å². The number of rotatable bonds is 7. The van der Waals surface area contributed by atoms with Crippen molar-refractivity contribution in [3.8, 4) is 0 Å². The van der Waals surface area contributed by atoms with Gasteiger partial charge in [0.1, 0.15) is 0 Å². The third-order valence-electron chi connectivity index (χ3n) is 2.81. The molecule has 5 heteroatoms. The number of hydrogen-bond donors (Lipinski definition) is 1. The fourth-order valence-electron chi connectivity index (χ4n) is 1.91. The van der Waals surface area contributed by atoms with E-state index < -0.39 is 0 Å². The second-order valence-electron chi connectivity index (χ2n) is 4.53. The number of aryl methyl sites for hydroxylation is 1. The van der Waals surface area contributed by atoms with Crippen LogP contribution in [0.3, 0.4) is 0 Å². The number of hydrogen-bond acceptors (Lipinski definition) is 3. The molecule has 1 heterocycles. The number of halogens is 1. The molecule has 1 rings (SSSR count). The molecule has 98 valence electrons. The highest BCUT2D eigenvalue weighted by Gasteiger charge is 2.18. The van der Waals surface area contributed by atoms with Crippen LogP contribution in [0.25, 0.3) is 0 Å². The maximum atomic E-state index is 6.23. The SMILES string of the molecule is CCCn1ncc(Cl)c1C(CCN(C)C)NC. The summed E-state index contributed by atoms with van der Waals surface area (Å²) < 4.78 is 2.01. The molecule has 1 unspecified atom stereocenters. The van der Waals surface area contributed by atoms with Crippen LogP contribution >= 0.6 is 11.6 Å². The first kappa shape index (κ1) is 14.5. The minimum Gasteiger partial charge on any atom is -0.312 e. The molecule has 0 aromatic carbocycles. The van der Waals surface area contributed by atoms with Crippen molar-refractivity contribution in [2.75, 3.05) is 27.7 Å². The fourth-order valence-corrected chi connectivity index (χ4v) is 2.19. The van der Waals surface area contributed by atoms with E-state index in [-0.39, 0.29) is 6.04 Å². The molecule has 1 aromatic rings. The molecule has 0 aliphatic rings. The Labute approximate surface area is 109 Å². The van der Waals surface area contributed by atoms with Gasteiger partial charge < -0.3 is 10.2 Å². The van der Waals surface area contributed by atoms with Crippen LogP contribution in [-0.2, 0) is 6.54 Å². The fraction of sp³-hybridized carbons (Fsp3) is 0.750. The second-order valence-corrected chi connectivity index (χ2v) is 4.94. The smallest absolute Gasteiger partial charge is 0.0834 e. The first-order valence-corrected chi connectivity index (χ1v) is 6.51. The van der Waals surface area contributed by atoms with E-state index in [9.17, 15) is 0 Å². The Balaban J connectivity index is 2.82. The maximum Gasteiger partial charge on any atom is 0.0834 e. The molecule has 0 saturated carbocycles. The quantitative estimate of drug-likeness (QED) is 0.814. The van der Waals surface area contributed by atoms with Gasteiger partial charge in [0.15, 0.2) is 0 Å². The van der Waals surface area contributed by atoms with Crippen molar-refractivity contribution >= 4 is 11.6 Å². The lowest BCUT2D eigenvalue weighted by Gasteiger charge is -2.20. The summed E-state index contributed by atoms with van der Waals surface area (Å²) in [6, 6.07) is 0.263. The third-order valence-corrected chi connectivity index (χ3v) is 3.10. The molecule has 0 saturated heterocycles. The number of nitrogens with one attached hydrogen (secondary N) is 1. The van der Waals surface area contributed by atoms with Crippen molar-refractivity contribution in [2.45, 2.75) is 32.4 Å². The minimum absolute atomic E-state index is 0.263. The van der Waals surface area contributed by atoms with Crippen molar-refractivity contribution in [1.82, 2.24) is 20.0 Å². The summed E-state index contributed by atoms with van der Waals surface area (Å²) in [4.78, 5) is 2.18. The summed E-state index contributed by atoms with van der Waals surface area (Å²) >= 11 is 6.23. The van der Waals surface area contributed by atoms with E-state index in [1.807, 2.05) is 11.7 Å². The zero-order chi connectivity index (χ0) is 12.8. The lowest BCUT2D eigenvalue weighted by molar-refractivity contribution is 0.359. The molecule has 17 heavy (non-hydrogen) atoms. The van der Waals surface area contributed by atoms with Gasteiger partial charge in [-0.15, -0.1) is 0 Å². The summed E-state index contributed by atoms with van der Waals surface area (Å²) in [6.07, 6.45) is 3.83. The van der Waals surface area contributed by atoms with Crippen molar-refractivity contribution in [3.05, 3.63) is 16.9 Å². The average molecular weight is 259 g/mol. The summed E-state index contributed by atoms with van der Waals surface area (Å²) in [5.41, 5.74) is 1.11. The molecule has 1 aromatic heterocycles. The molecule has 0 aliphatic heterocycles. The second kappa shape index (κ2) is 6.99. The Kier molecular flexibility index (Phi) is 5.95. The summed E-state index contributed by atoms with van der Waals surface area (Å²) in [5, 5.41) is 8.42. The Morgan fingerprint density at radius 3 is 2.76 bits per heavy atom. The van der Waals surface area contributed by atoms with E-state index in [1.165, 1.54) is 0 Å². The van der Waals surface area contributed by atoms with Crippen LogP contribution in [0.5, 0.6) is 0 Å². The Morgan fingerprint density at radius 2 is 2.24 bits per heavy atom. The standard InChI is InChI=1S/C12H23ClN4/c1-5-7-17-12(10(13)9-15-17)11(14-2)6-8-16(3)4/h9,11,14H,5-8H2,1-4H3. The van der Waals surface area contributed by atoms with Crippen LogP contribution in [-0.4, -0.2) is 42.4 Å². The number of nitrogens with zero attached hydrogens (tertiary/aromatic N) is 3. The van der Waals surface area contributed by atoms with Gasteiger partial charge in [0, 0.05) is 6.54 Å². The topological polar surface area (TPSA) is 33.1 Å². The van der Waals surface area contributed by atoms with Crippen LogP contribution in [0.4, 0.5) is 0 Å². The molecule has 1 atom stereocenters. The molecule has 0 radical (unpaired) electrons. The van der Waals surface area contributed by atoms with Gasteiger partial charge in [-0.2, -0.15) is 5.10 Å². The Morgan fingerprint density at radius 1 is 1.53 bits per heavy atom. The highest BCUT2D eigenvalue weighted by Crippen LogP contribution is 2.25. The zero-order valence-electron chi connectivity index (χ0n) is 11.2. The highest BCUT2D eigenvalue weighted by atomic mass is 35.5. The molecule has 0 bridgehead atoms. The first-order chi connectivity index (χ1) is 8.10. The van der Waals surface area contributed by atoms with Crippen LogP contribution in [0.15, 0.2) is 6.20 Å². The van der Waals surface area contributed by atoms with Gasteiger partial charge in [-0.25, -0.2) is 0 Å². The van der Waals surface area contributed by atoms with E-state index in [0.29, 0.717) is 0 Å². The molecule has 1 N–H and O–H groups in total. The van der Waals surface area contributed by atoms with Crippen LogP contribution in [0, 0.1) is 0 Å². The molecular weight excluding hydrogens is 236 g/mol. The van der Waals surface area contributed by atoms with Crippen LogP contribution in [0.2, 0.25) is 5.02 Å². The van der Waals surface area contributed by atoms with Crippen molar-refractivity contribution in [3.63, 3.8) is 0 Å². The van der Waals surface area contributed by atoms with E-state index in [1.54, 1.807) is 6.20 Å². The highest BCUT2D eigenvalue weighted by molar-refractivity contribution is 6.31. The first-order valence-electron chi connectivity index (χ1n) is 6.13. The summed E-state index contributed by atoms with van der Waals surface area (Å²) in [5.74, 6) is 0. The van der Waals surface area contributed by atoms with Gasteiger partial charge >= 0.3 is 0 Å². The molecule has 4 nitrogen and oxygen atoms in total. The van der Waals surface area contributed by atoms with Gasteiger partial charge in [-0.1, -0.05) is 18.5 Å². The van der Waals surface area contributed by atoms with Gasteiger partial charge in [0.05, 0.1) is 23.0 Å². The summed E-state index contributed by atoms with van der Waals surface area (Å²) in [7, 11) is 6.13. The van der Waals surface area contributed by atoms with E-state index in [2.05, 4.69) is 36.3 Å². The van der Waals surface area contributed by atoms with E-state index >= 15 is 0 Å².